The standard InChI is InChI=1S/C14H22N2O/c1-5-10(2)14(17)16-13-11(3)8-6-7-9-12(4)15-13/h13,15H,2-9H2,1H3,(H,16,17). The van der Waals surface area contributed by atoms with Gasteiger partial charge in [0.05, 0.1) is 0 Å². The minimum atomic E-state index is -0.210. The molecule has 0 spiro atoms. The Morgan fingerprint density at radius 2 is 2.06 bits per heavy atom. The molecule has 1 amide bonds. The number of nitrogens with one attached hydrogen (secondary N) is 2. The monoisotopic (exact) mass is 234 g/mol. The van der Waals surface area contributed by atoms with Gasteiger partial charge in [-0.2, -0.15) is 0 Å². The van der Waals surface area contributed by atoms with Gasteiger partial charge in [-0.25, -0.2) is 0 Å². The van der Waals surface area contributed by atoms with Gasteiger partial charge in [-0.3, -0.25) is 4.79 Å². The fraction of sp³-hybridized carbons (Fsp3) is 0.500. The van der Waals surface area contributed by atoms with Gasteiger partial charge in [0.2, 0.25) is 5.91 Å². The molecule has 1 atom stereocenters. The van der Waals surface area contributed by atoms with Crippen molar-refractivity contribution in [2.24, 2.45) is 0 Å². The van der Waals surface area contributed by atoms with E-state index in [1.807, 2.05) is 6.92 Å². The van der Waals surface area contributed by atoms with E-state index in [2.05, 4.69) is 30.4 Å². The first-order valence-corrected chi connectivity index (χ1v) is 6.15. The lowest BCUT2D eigenvalue weighted by Crippen LogP contribution is -2.46. The molecule has 1 aliphatic heterocycles. The van der Waals surface area contributed by atoms with Crippen LogP contribution in [0.2, 0.25) is 0 Å². The summed E-state index contributed by atoms with van der Waals surface area (Å²) in [5, 5.41) is 6.12. The van der Waals surface area contributed by atoms with Crippen LogP contribution in [0.4, 0.5) is 0 Å². The summed E-state index contributed by atoms with van der Waals surface area (Å²) in [6.07, 6.45) is 4.55. The average molecular weight is 234 g/mol. The highest BCUT2D eigenvalue weighted by Crippen LogP contribution is 2.17. The maximum atomic E-state index is 11.8. The molecule has 1 aliphatic rings. The fourth-order valence-electron chi connectivity index (χ4n) is 1.75. The van der Waals surface area contributed by atoms with Crippen molar-refractivity contribution < 1.29 is 4.79 Å². The molecule has 1 heterocycles. The van der Waals surface area contributed by atoms with E-state index in [1.165, 1.54) is 0 Å². The molecule has 0 radical (unpaired) electrons. The van der Waals surface area contributed by atoms with Crippen LogP contribution < -0.4 is 10.6 Å². The summed E-state index contributed by atoms with van der Waals surface area (Å²) in [6.45, 7) is 13.6. The molecule has 3 nitrogen and oxygen atoms in total. The van der Waals surface area contributed by atoms with Crippen molar-refractivity contribution in [2.45, 2.75) is 45.2 Å². The predicted octanol–water partition coefficient (Wildman–Crippen LogP) is 2.63. The zero-order chi connectivity index (χ0) is 12.8. The first kappa shape index (κ1) is 13.6. The van der Waals surface area contributed by atoms with Gasteiger partial charge < -0.3 is 10.6 Å². The molecule has 94 valence electrons. The molecular formula is C14H22N2O. The van der Waals surface area contributed by atoms with Crippen LogP contribution in [0.1, 0.15) is 39.0 Å². The quantitative estimate of drug-likeness (QED) is 0.582. The Kier molecular flexibility index (Phi) is 5.01. The molecule has 0 aromatic heterocycles. The number of amides is 1. The van der Waals surface area contributed by atoms with E-state index in [1.54, 1.807) is 0 Å². The number of carbonyl (C=O) groups is 1. The summed E-state index contributed by atoms with van der Waals surface area (Å²) in [7, 11) is 0. The largest absolute Gasteiger partial charge is 0.366 e. The Labute approximate surface area is 104 Å². The van der Waals surface area contributed by atoms with E-state index in [9.17, 15) is 4.79 Å². The SMILES string of the molecule is C=C1CCCCC(=C)C(NC(=O)C(=C)CC)N1. The predicted molar refractivity (Wildman–Crippen MR) is 71.2 cm³/mol. The smallest absolute Gasteiger partial charge is 0.248 e. The first-order valence-electron chi connectivity index (χ1n) is 6.15. The normalized spacial score (nSPS) is 21.1. The van der Waals surface area contributed by atoms with E-state index >= 15 is 0 Å². The molecule has 0 aromatic rings. The summed E-state index contributed by atoms with van der Waals surface area (Å²) in [4.78, 5) is 11.8. The van der Waals surface area contributed by atoms with Crippen molar-refractivity contribution in [1.29, 1.82) is 0 Å². The molecule has 0 aromatic carbocycles. The maximum absolute atomic E-state index is 11.8. The van der Waals surface area contributed by atoms with Crippen LogP contribution in [0.25, 0.3) is 0 Å². The number of carbonyl (C=O) groups excluding carboxylic acids is 1. The van der Waals surface area contributed by atoms with Crippen LogP contribution >= 0.6 is 0 Å². The molecule has 2 N–H and O–H groups in total. The highest BCUT2D eigenvalue weighted by atomic mass is 16.1. The second kappa shape index (κ2) is 6.28. The molecule has 0 saturated carbocycles. The lowest BCUT2D eigenvalue weighted by Gasteiger charge is -2.27. The van der Waals surface area contributed by atoms with Gasteiger partial charge in [-0.1, -0.05) is 26.7 Å². The maximum Gasteiger partial charge on any atom is 0.248 e. The second-order valence-electron chi connectivity index (χ2n) is 4.48. The van der Waals surface area contributed by atoms with Gasteiger partial charge in [-0.15, -0.1) is 0 Å². The number of rotatable bonds is 3. The van der Waals surface area contributed by atoms with E-state index in [0.29, 0.717) is 12.0 Å². The van der Waals surface area contributed by atoms with Crippen LogP contribution in [-0.4, -0.2) is 12.1 Å². The Morgan fingerprint density at radius 3 is 2.71 bits per heavy atom. The molecule has 1 rings (SSSR count). The number of allylic oxidation sites excluding steroid dienone is 1. The summed E-state index contributed by atoms with van der Waals surface area (Å²) in [6, 6.07) is 0. The zero-order valence-corrected chi connectivity index (χ0v) is 10.6. The van der Waals surface area contributed by atoms with E-state index in [-0.39, 0.29) is 12.1 Å². The van der Waals surface area contributed by atoms with Crippen molar-refractivity contribution in [3.63, 3.8) is 0 Å². The third-order valence-electron chi connectivity index (χ3n) is 3.01. The summed E-state index contributed by atoms with van der Waals surface area (Å²) in [5.41, 5.74) is 2.55. The molecule has 1 fully saturated rings. The van der Waals surface area contributed by atoms with Crippen LogP contribution in [0.5, 0.6) is 0 Å². The second-order valence-corrected chi connectivity index (χ2v) is 4.48. The highest BCUT2D eigenvalue weighted by Gasteiger charge is 2.18. The van der Waals surface area contributed by atoms with Gasteiger partial charge >= 0.3 is 0 Å². The third-order valence-corrected chi connectivity index (χ3v) is 3.01. The van der Waals surface area contributed by atoms with Crippen LogP contribution in [0.3, 0.4) is 0 Å². The zero-order valence-electron chi connectivity index (χ0n) is 10.6. The highest BCUT2D eigenvalue weighted by molar-refractivity contribution is 5.93. The molecule has 1 saturated heterocycles. The Balaban J connectivity index is 2.64. The Hall–Kier alpha value is -1.51. The van der Waals surface area contributed by atoms with Gasteiger partial charge in [-0.05, 0) is 37.7 Å². The van der Waals surface area contributed by atoms with Crippen molar-refractivity contribution in [1.82, 2.24) is 10.6 Å². The summed E-state index contributed by atoms with van der Waals surface area (Å²) >= 11 is 0. The van der Waals surface area contributed by atoms with Crippen LogP contribution in [0, 0.1) is 0 Å². The number of hydrogen-bond donors (Lipinski definition) is 2. The molecule has 1 unspecified atom stereocenters. The lowest BCUT2D eigenvalue weighted by atomic mass is 10.0. The average Bonchev–Trinajstić information content (AvgIpc) is 2.30. The topological polar surface area (TPSA) is 41.1 Å². The molecular weight excluding hydrogens is 212 g/mol. The Bertz CT molecular complexity index is 344. The fourth-order valence-corrected chi connectivity index (χ4v) is 1.75. The molecule has 0 bridgehead atoms. The minimum absolute atomic E-state index is 0.112. The van der Waals surface area contributed by atoms with Crippen molar-refractivity contribution in [3.05, 3.63) is 36.6 Å². The van der Waals surface area contributed by atoms with Gasteiger partial charge in [0.15, 0.2) is 0 Å². The first-order chi connectivity index (χ1) is 8.04. The van der Waals surface area contributed by atoms with Crippen molar-refractivity contribution in [2.75, 3.05) is 0 Å². The van der Waals surface area contributed by atoms with Crippen LogP contribution in [-0.2, 0) is 4.79 Å². The summed E-state index contributed by atoms with van der Waals surface area (Å²) < 4.78 is 0. The van der Waals surface area contributed by atoms with Gasteiger partial charge in [0, 0.05) is 11.3 Å². The van der Waals surface area contributed by atoms with Gasteiger partial charge in [0.1, 0.15) is 6.17 Å². The molecule has 3 heteroatoms. The van der Waals surface area contributed by atoms with Gasteiger partial charge in [0.25, 0.3) is 0 Å². The molecule has 17 heavy (non-hydrogen) atoms. The Morgan fingerprint density at radius 1 is 1.41 bits per heavy atom. The third kappa shape index (κ3) is 4.10. The van der Waals surface area contributed by atoms with E-state index in [4.69, 9.17) is 0 Å². The molecule has 0 aliphatic carbocycles. The number of hydrogen-bond acceptors (Lipinski definition) is 2. The van der Waals surface area contributed by atoms with E-state index < -0.39 is 0 Å². The summed E-state index contributed by atoms with van der Waals surface area (Å²) in [5.74, 6) is -0.112. The van der Waals surface area contributed by atoms with Crippen molar-refractivity contribution in [3.8, 4) is 0 Å². The van der Waals surface area contributed by atoms with E-state index in [0.717, 1.165) is 37.0 Å². The lowest BCUT2D eigenvalue weighted by molar-refractivity contribution is -0.118. The van der Waals surface area contributed by atoms with Crippen LogP contribution in [0.15, 0.2) is 36.6 Å². The minimum Gasteiger partial charge on any atom is -0.366 e. The van der Waals surface area contributed by atoms with Crippen molar-refractivity contribution >= 4 is 5.91 Å².